The lowest BCUT2D eigenvalue weighted by molar-refractivity contribution is 0.297. The minimum atomic E-state index is -4.64. The first-order valence-corrected chi connectivity index (χ1v) is 12.9. The first-order chi connectivity index (χ1) is 21.8. The molecule has 1 saturated heterocycles. The third-order valence-electron chi connectivity index (χ3n) is 5.77. The molecule has 0 spiro atoms. The average molecular weight is 529 g/mol. The van der Waals surface area contributed by atoms with Gasteiger partial charge in [0.1, 0.15) is 17.1 Å². The number of nitrogens with one attached hydrogen (secondary N) is 2. The molecule has 3 heterocycles. The lowest BCUT2D eigenvalue weighted by Gasteiger charge is -2.19. The summed E-state index contributed by atoms with van der Waals surface area (Å²) < 4.78 is 131. The summed E-state index contributed by atoms with van der Waals surface area (Å²) >= 11 is 0. The van der Waals surface area contributed by atoms with Crippen molar-refractivity contribution in [1.82, 2.24) is 29.4 Å². The number of ether oxygens (including phenoxy) is 1. The second kappa shape index (κ2) is 11.1. The van der Waals surface area contributed by atoms with E-state index in [0.717, 1.165) is 21.7 Å². The molecule has 1 aliphatic heterocycles. The van der Waals surface area contributed by atoms with Crippen LogP contribution in [0.2, 0.25) is 0 Å². The van der Waals surface area contributed by atoms with E-state index >= 15 is 0 Å². The number of fused-ring (bicyclic) bond motifs is 1. The highest BCUT2D eigenvalue weighted by Crippen LogP contribution is 2.31. The monoisotopic (exact) mass is 528 g/mol. The molecule has 0 amide bonds. The Bertz CT molecular complexity index is 1840. The van der Waals surface area contributed by atoms with E-state index in [1.165, 1.54) is 13.1 Å². The molecular weight excluding hydrogens is 480 g/mol. The molecule has 1 unspecified atom stereocenters. The minimum Gasteiger partial charge on any atom is -0.493 e. The highest BCUT2D eigenvalue weighted by molar-refractivity contribution is 7.89. The maximum Gasteiger partial charge on any atom is 0.277 e. The second-order valence-corrected chi connectivity index (χ2v) is 10.00. The summed E-state index contributed by atoms with van der Waals surface area (Å²) in [5, 5.41) is 3.92. The number of nitrogens with zero attached hydrogens (tertiary/aromatic N) is 4. The van der Waals surface area contributed by atoms with E-state index < -0.39 is 77.2 Å². The Balaban J connectivity index is 1.82. The predicted octanol–water partition coefficient (Wildman–Crippen LogP) is 2.83. The Hall–Kier alpha value is -2.76. The van der Waals surface area contributed by atoms with Gasteiger partial charge in [0.15, 0.2) is 5.52 Å². The van der Waals surface area contributed by atoms with E-state index in [9.17, 15) is 13.2 Å². The third-order valence-corrected chi connectivity index (χ3v) is 7.06. The highest BCUT2D eigenvalue weighted by atomic mass is 32.2. The Morgan fingerprint density at radius 3 is 3.03 bits per heavy atom. The number of likely N-dealkylation sites (tertiary alicyclic amines) is 1. The quantitative estimate of drug-likeness (QED) is 0.392. The van der Waals surface area contributed by atoms with Gasteiger partial charge in [-0.1, -0.05) is 20.1 Å². The molecule has 1 aromatic carbocycles. The Morgan fingerprint density at radius 2 is 2.25 bits per heavy atom. The molecular formula is C25H36N6O4S. The van der Waals surface area contributed by atoms with Gasteiger partial charge in [-0.05, 0) is 63.8 Å². The summed E-state index contributed by atoms with van der Waals surface area (Å²) in [4.78, 5) is 20.7. The summed E-state index contributed by atoms with van der Waals surface area (Å²) in [7, 11) is -3.39. The summed E-state index contributed by atoms with van der Waals surface area (Å²) in [6.07, 6.45) is -5.82. The van der Waals surface area contributed by atoms with Gasteiger partial charge < -0.3 is 14.6 Å². The highest BCUT2D eigenvalue weighted by Gasteiger charge is 2.23. The van der Waals surface area contributed by atoms with Gasteiger partial charge in [-0.25, -0.2) is 18.1 Å². The van der Waals surface area contributed by atoms with Crippen LogP contribution in [0.3, 0.4) is 0 Å². The maximum absolute atomic E-state index is 13.5. The van der Waals surface area contributed by atoms with Gasteiger partial charge in [0.25, 0.3) is 5.56 Å². The molecule has 36 heavy (non-hydrogen) atoms. The molecule has 4 rings (SSSR count). The summed E-state index contributed by atoms with van der Waals surface area (Å²) in [6, 6.07) is 2.68. The summed E-state index contributed by atoms with van der Waals surface area (Å²) in [6.45, 7) is -6.32. The van der Waals surface area contributed by atoms with E-state index in [1.807, 2.05) is 4.72 Å². The predicted molar refractivity (Wildman–Crippen MR) is 140 cm³/mol. The molecule has 2 aromatic heterocycles. The van der Waals surface area contributed by atoms with Gasteiger partial charge in [-0.3, -0.25) is 9.48 Å². The fraction of sp³-hybridized carbons (Fsp3) is 0.560. The van der Waals surface area contributed by atoms with Crippen LogP contribution < -0.4 is 15.0 Å². The zero-order chi connectivity index (χ0) is 36.3. The number of benzene rings is 1. The van der Waals surface area contributed by atoms with Crippen LogP contribution in [-0.2, 0) is 23.4 Å². The molecule has 2 N–H and O–H groups in total. The summed E-state index contributed by atoms with van der Waals surface area (Å²) in [5.41, 5.74) is -2.58. The van der Waals surface area contributed by atoms with E-state index in [4.69, 9.17) is 21.2 Å². The van der Waals surface area contributed by atoms with Gasteiger partial charge in [0, 0.05) is 36.0 Å². The normalized spacial score (nSPS) is 23.6. The number of rotatable bonds is 11. The van der Waals surface area contributed by atoms with Crippen LogP contribution in [0.4, 0.5) is 0 Å². The topological polar surface area (TPSA) is 122 Å². The fourth-order valence-corrected chi connectivity index (χ4v) is 4.92. The number of sulfonamides is 1. The first-order valence-electron chi connectivity index (χ1n) is 17.4. The molecule has 10 nitrogen and oxygen atoms in total. The zero-order valence-electron chi connectivity index (χ0n) is 31.9. The van der Waals surface area contributed by atoms with Crippen LogP contribution in [-0.4, -0.2) is 65.7 Å². The number of H-pyrrole nitrogens is 1. The van der Waals surface area contributed by atoms with E-state index in [-0.39, 0.29) is 35.8 Å². The molecule has 1 atom stereocenters. The van der Waals surface area contributed by atoms with Crippen molar-refractivity contribution in [3.63, 3.8) is 0 Å². The van der Waals surface area contributed by atoms with Crippen molar-refractivity contribution in [1.29, 1.82) is 0 Å². The molecule has 0 aliphatic carbocycles. The van der Waals surface area contributed by atoms with Crippen molar-refractivity contribution in [2.24, 2.45) is 7.05 Å². The Kier molecular flexibility index (Phi) is 4.58. The second-order valence-electron chi connectivity index (χ2n) is 8.32. The van der Waals surface area contributed by atoms with Gasteiger partial charge in [0.2, 0.25) is 10.0 Å². The number of aromatic amines is 1. The van der Waals surface area contributed by atoms with Crippen LogP contribution >= 0.6 is 0 Å². The van der Waals surface area contributed by atoms with Crippen LogP contribution in [0.25, 0.3) is 22.4 Å². The maximum atomic E-state index is 13.5. The average Bonchev–Trinajstić information content (AvgIpc) is 3.54. The van der Waals surface area contributed by atoms with Crippen LogP contribution in [0.1, 0.15) is 68.0 Å². The van der Waals surface area contributed by atoms with Crippen molar-refractivity contribution < 1.29 is 29.6 Å². The lowest BCUT2D eigenvalue weighted by atomic mass is 10.1. The van der Waals surface area contributed by atoms with Crippen LogP contribution in [0.15, 0.2) is 27.9 Å². The van der Waals surface area contributed by atoms with Gasteiger partial charge in [-0.2, -0.15) is 5.10 Å². The van der Waals surface area contributed by atoms with Crippen LogP contribution in [0, 0.1) is 0 Å². The largest absolute Gasteiger partial charge is 0.493 e. The Labute approximate surface area is 229 Å². The number of aromatic nitrogens is 4. The first kappa shape index (κ1) is 14.8. The Morgan fingerprint density at radius 1 is 1.39 bits per heavy atom. The fourth-order valence-electron chi connectivity index (χ4n) is 4.01. The molecule has 3 aromatic rings. The van der Waals surface area contributed by atoms with Gasteiger partial charge in [0.05, 0.1) is 22.8 Å². The standard InChI is InChI=1S/C25H36N6O4S/c1-5-8-20-22-23(31(4)29-20)25(32)28-24(27-22)19-16-18(10-11-21(19)35-15-6-2)36(33,34)26-13-12-17-9-7-14-30(17)3/h10-11,16-17,26H,5-9,12-15H2,1-4H3,(H,27,28,32)/i1D3,3D3,5D2,8D2,13D2. The van der Waals surface area contributed by atoms with Crippen molar-refractivity contribution in [2.45, 2.75) is 63.1 Å². The van der Waals surface area contributed by atoms with Crippen LogP contribution in [0.5, 0.6) is 5.75 Å². The SMILES string of the molecule is [2H]C([2H])(CC1CCCN1C([2H])([2H])[2H])NS(=O)(=O)c1ccc(OCCC)c(-c2nc3c(C([2H])([2H])C([2H])([2H])C([2H])([2H])[2H])nn(C)c3c(=O)[nH]2)c1. The smallest absolute Gasteiger partial charge is 0.277 e. The minimum absolute atomic E-state index is 0.0341. The molecule has 1 aliphatic rings. The molecule has 11 heteroatoms. The lowest BCUT2D eigenvalue weighted by Crippen LogP contribution is -2.31. The van der Waals surface area contributed by atoms with E-state index in [2.05, 4.69) is 15.1 Å². The van der Waals surface area contributed by atoms with Crippen molar-refractivity contribution in [3.05, 3.63) is 34.2 Å². The van der Waals surface area contributed by atoms with E-state index in [1.54, 1.807) is 6.92 Å². The molecule has 1 fully saturated rings. The number of hydrogen-bond donors (Lipinski definition) is 2. The number of hydrogen-bond acceptors (Lipinski definition) is 7. The van der Waals surface area contributed by atoms with Crippen molar-refractivity contribution in [2.75, 3.05) is 26.6 Å². The summed E-state index contributed by atoms with van der Waals surface area (Å²) in [5.74, 6) is -0.315. The zero-order valence-corrected chi connectivity index (χ0v) is 20.7. The molecule has 0 bridgehead atoms. The molecule has 0 saturated carbocycles. The number of aryl methyl sites for hydroxylation is 2. The molecule has 0 radical (unpaired) electrons. The van der Waals surface area contributed by atoms with E-state index in [0.29, 0.717) is 19.3 Å². The molecule has 196 valence electrons. The van der Waals surface area contributed by atoms with Crippen molar-refractivity contribution in [3.8, 4) is 17.1 Å². The van der Waals surface area contributed by atoms with Crippen molar-refractivity contribution >= 4 is 21.1 Å². The third kappa shape index (κ3) is 5.47. The van der Waals surface area contributed by atoms with Gasteiger partial charge in [-0.15, -0.1) is 0 Å². The van der Waals surface area contributed by atoms with Gasteiger partial charge >= 0.3 is 0 Å².